The molecule has 0 aliphatic carbocycles. The van der Waals surface area contributed by atoms with Crippen molar-refractivity contribution in [3.63, 3.8) is 0 Å². The number of hydrogen-bond donors (Lipinski definition) is 2. The summed E-state index contributed by atoms with van der Waals surface area (Å²) in [6.07, 6.45) is 0. The van der Waals surface area contributed by atoms with Gasteiger partial charge < -0.3 is 16.4 Å². The van der Waals surface area contributed by atoms with Crippen LogP contribution in [0.4, 0.5) is 17.1 Å². The molecule has 0 aliphatic rings. The maximum Gasteiger partial charge on any atom is 0.0433 e. The Balaban J connectivity index is 1.84. The highest BCUT2D eigenvalue weighted by atomic mass is 15.1. The van der Waals surface area contributed by atoms with E-state index in [0.29, 0.717) is 0 Å². The van der Waals surface area contributed by atoms with Crippen LogP contribution in [0, 0.1) is 0 Å². The van der Waals surface area contributed by atoms with Gasteiger partial charge in [0.25, 0.3) is 0 Å². The van der Waals surface area contributed by atoms with Crippen molar-refractivity contribution in [3.05, 3.63) is 90.0 Å². The molecule has 0 saturated heterocycles. The minimum atomic E-state index is 0.790. The van der Waals surface area contributed by atoms with Crippen LogP contribution in [0.5, 0.6) is 0 Å². The van der Waals surface area contributed by atoms with E-state index in [9.17, 15) is 0 Å². The van der Waals surface area contributed by atoms with Crippen LogP contribution in [0.1, 0.15) is 11.1 Å². The molecule has 3 rings (SSSR count). The van der Waals surface area contributed by atoms with Crippen molar-refractivity contribution in [3.8, 4) is 0 Å². The van der Waals surface area contributed by atoms with Crippen LogP contribution in [0.25, 0.3) is 0 Å². The highest BCUT2D eigenvalue weighted by Crippen LogP contribution is 2.21. The predicted molar refractivity (Wildman–Crippen MR) is 98.0 cm³/mol. The number of hydrogen-bond acceptors (Lipinski definition) is 3. The van der Waals surface area contributed by atoms with E-state index in [1.165, 1.54) is 16.8 Å². The molecule has 4 N–H and O–H groups in total. The molecule has 0 aromatic heterocycles. The quantitative estimate of drug-likeness (QED) is 0.699. The Morgan fingerprint density at radius 3 is 1.43 bits per heavy atom. The van der Waals surface area contributed by atoms with Crippen molar-refractivity contribution in [1.29, 1.82) is 0 Å². The van der Waals surface area contributed by atoms with Crippen molar-refractivity contribution >= 4 is 17.1 Å². The average Bonchev–Trinajstić information content (AvgIpc) is 2.59. The molecule has 0 atom stereocenters. The zero-order valence-corrected chi connectivity index (χ0v) is 13.0. The molecule has 0 bridgehead atoms. The molecule has 0 unspecified atom stereocenters. The summed E-state index contributed by atoms with van der Waals surface area (Å²) in [6.45, 7) is 1.66. The lowest BCUT2D eigenvalue weighted by Crippen LogP contribution is -2.22. The zero-order chi connectivity index (χ0) is 16.1. The first-order valence-corrected chi connectivity index (χ1v) is 7.69. The van der Waals surface area contributed by atoms with Crippen molar-refractivity contribution in [1.82, 2.24) is 0 Å². The largest absolute Gasteiger partial charge is 0.399 e. The molecule has 23 heavy (non-hydrogen) atoms. The second-order valence-corrected chi connectivity index (χ2v) is 5.67. The summed E-state index contributed by atoms with van der Waals surface area (Å²) in [6, 6.07) is 26.5. The van der Waals surface area contributed by atoms with Gasteiger partial charge in [0, 0.05) is 30.2 Å². The van der Waals surface area contributed by atoms with E-state index in [1.807, 2.05) is 30.3 Å². The number of nitrogens with two attached hydrogens (primary N) is 2. The van der Waals surface area contributed by atoms with Crippen molar-refractivity contribution < 1.29 is 0 Å². The third-order valence-electron chi connectivity index (χ3n) is 3.83. The maximum atomic E-state index is 5.78. The lowest BCUT2D eigenvalue weighted by atomic mass is 10.1. The number of para-hydroxylation sites is 1. The molecular weight excluding hydrogens is 282 g/mol. The van der Waals surface area contributed by atoms with E-state index in [4.69, 9.17) is 11.5 Å². The van der Waals surface area contributed by atoms with Gasteiger partial charge in [-0.15, -0.1) is 0 Å². The van der Waals surface area contributed by atoms with Crippen molar-refractivity contribution in [2.24, 2.45) is 0 Å². The van der Waals surface area contributed by atoms with Crippen LogP contribution >= 0.6 is 0 Å². The summed E-state index contributed by atoms with van der Waals surface area (Å²) in [5.41, 5.74) is 16.8. The fourth-order valence-electron chi connectivity index (χ4n) is 2.56. The third-order valence-corrected chi connectivity index (χ3v) is 3.83. The lowest BCUT2D eigenvalue weighted by Gasteiger charge is -2.25. The standard InChI is InChI=1S/C20H21N3/c21-18-10-6-16(7-11-18)14-23(20-4-2-1-3-5-20)15-17-8-12-19(22)13-9-17/h1-13H,14-15,21-22H2. The van der Waals surface area contributed by atoms with Gasteiger partial charge in [-0.2, -0.15) is 0 Å². The van der Waals surface area contributed by atoms with Crippen LogP contribution in [-0.2, 0) is 13.1 Å². The number of nitrogen functional groups attached to an aromatic ring is 2. The SMILES string of the molecule is Nc1ccc(CN(Cc2ccc(N)cc2)c2ccccc2)cc1. The molecule has 0 fully saturated rings. The number of nitrogens with zero attached hydrogens (tertiary/aromatic N) is 1. The van der Waals surface area contributed by atoms with Gasteiger partial charge in [0.2, 0.25) is 0 Å². The van der Waals surface area contributed by atoms with Crippen LogP contribution in [-0.4, -0.2) is 0 Å². The number of anilines is 3. The molecule has 3 aromatic carbocycles. The first-order valence-electron chi connectivity index (χ1n) is 7.69. The minimum Gasteiger partial charge on any atom is -0.399 e. The van der Waals surface area contributed by atoms with Gasteiger partial charge in [0.15, 0.2) is 0 Å². The summed E-state index contributed by atoms with van der Waals surface area (Å²) in [7, 11) is 0. The molecule has 116 valence electrons. The number of benzene rings is 3. The Bertz CT molecular complexity index is 687. The van der Waals surface area contributed by atoms with Crippen LogP contribution in [0.15, 0.2) is 78.9 Å². The smallest absolute Gasteiger partial charge is 0.0433 e. The summed E-state index contributed by atoms with van der Waals surface area (Å²) in [5.74, 6) is 0. The van der Waals surface area contributed by atoms with E-state index in [0.717, 1.165) is 24.5 Å². The van der Waals surface area contributed by atoms with Gasteiger partial charge >= 0.3 is 0 Å². The first-order chi connectivity index (χ1) is 11.2. The Morgan fingerprint density at radius 1 is 0.565 bits per heavy atom. The molecule has 0 amide bonds. The topological polar surface area (TPSA) is 55.3 Å². The van der Waals surface area contributed by atoms with Crippen LogP contribution in [0.3, 0.4) is 0 Å². The van der Waals surface area contributed by atoms with E-state index in [2.05, 4.69) is 53.4 Å². The van der Waals surface area contributed by atoms with E-state index < -0.39 is 0 Å². The van der Waals surface area contributed by atoms with Gasteiger partial charge in [-0.25, -0.2) is 0 Å². The van der Waals surface area contributed by atoms with E-state index >= 15 is 0 Å². The normalized spacial score (nSPS) is 10.4. The second-order valence-electron chi connectivity index (χ2n) is 5.67. The maximum absolute atomic E-state index is 5.78. The zero-order valence-electron chi connectivity index (χ0n) is 13.0. The second kappa shape index (κ2) is 6.88. The highest BCUT2D eigenvalue weighted by molar-refractivity contribution is 5.49. The molecule has 0 spiro atoms. The van der Waals surface area contributed by atoms with Crippen LogP contribution in [0.2, 0.25) is 0 Å². The van der Waals surface area contributed by atoms with Gasteiger partial charge in [0.05, 0.1) is 0 Å². The molecule has 3 aromatic rings. The van der Waals surface area contributed by atoms with Crippen LogP contribution < -0.4 is 16.4 Å². The Morgan fingerprint density at radius 2 is 1.00 bits per heavy atom. The van der Waals surface area contributed by atoms with Gasteiger partial charge in [-0.05, 0) is 47.5 Å². The summed E-state index contributed by atoms with van der Waals surface area (Å²) < 4.78 is 0. The van der Waals surface area contributed by atoms with Gasteiger partial charge in [0.1, 0.15) is 0 Å². The summed E-state index contributed by atoms with van der Waals surface area (Å²) in [5, 5.41) is 0. The predicted octanol–water partition coefficient (Wildman–Crippen LogP) is 4.06. The Kier molecular flexibility index (Phi) is 4.48. The van der Waals surface area contributed by atoms with E-state index in [-0.39, 0.29) is 0 Å². The van der Waals surface area contributed by atoms with Gasteiger partial charge in [-0.1, -0.05) is 42.5 Å². The third kappa shape index (κ3) is 4.04. The summed E-state index contributed by atoms with van der Waals surface area (Å²) in [4.78, 5) is 2.34. The van der Waals surface area contributed by atoms with E-state index in [1.54, 1.807) is 0 Å². The van der Waals surface area contributed by atoms with Crippen molar-refractivity contribution in [2.45, 2.75) is 13.1 Å². The lowest BCUT2D eigenvalue weighted by molar-refractivity contribution is 0.800. The molecular formula is C20H21N3. The number of rotatable bonds is 5. The molecule has 3 heteroatoms. The fraction of sp³-hybridized carbons (Fsp3) is 0.100. The molecule has 0 saturated carbocycles. The molecule has 3 nitrogen and oxygen atoms in total. The van der Waals surface area contributed by atoms with Gasteiger partial charge in [-0.3, -0.25) is 0 Å². The minimum absolute atomic E-state index is 0.790. The van der Waals surface area contributed by atoms with Crippen molar-refractivity contribution in [2.75, 3.05) is 16.4 Å². The monoisotopic (exact) mass is 303 g/mol. The molecule has 0 heterocycles. The molecule has 0 radical (unpaired) electrons. The Hall–Kier alpha value is -2.94. The first kappa shape index (κ1) is 15.0. The molecule has 0 aliphatic heterocycles. The average molecular weight is 303 g/mol. The highest BCUT2D eigenvalue weighted by Gasteiger charge is 2.08. The fourth-order valence-corrected chi connectivity index (χ4v) is 2.56. The summed E-state index contributed by atoms with van der Waals surface area (Å²) >= 11 is 0. The Labute approximate surface area is 137 Å².